The van der Waals surface area contributed by atoms with Crippen LogP contribution in [0.25, 0.3) is 21.3 Å². The molecule has 150 valence electrons. The van der Waals surface area contributed by atoms with Crippen LogP contribution in [0.3, 0.4) is 0 Å². The molecule has 0 radical (unpaired) electrons. The molecule has 4 aromatic rings. The third-order valence-electron chi connectivity index (χ3n) is 5.01. The SMILES string of the molecule is O=C(c1nnc(C[C@H]2CCNC2=O)o1)c1nc2ccc(-c3ccc(F)cc3)cc2s1. The van der Waals surface area contributed by atoms with Gasteiger partial charge in [0.05, 0.1) is 10.2 Å². The minimum absolute atomic E-state index is 0.0378. The number of benzene rings is 2. The lowest BCUT2D eigenvalue weighted by atomic mass is 10.0. The summed E-state index contributed by atoms with van der Waals surface area (Å²) in [6.45, 7) is 0.634. The van der Waals surface area contributed by atoms with Gasteiger partial charge in [-0.1, -0.05) is 18.2 Å². The highest BCUT2D eigenvalue weighted by atomic mass is 32.1. The highest BCUT2D eigenvalue weighted by Crippen LogP contribution is 2.29. The van der Waals surface area contributed by atoms with Crippen molar-refractivity contribution in [3.63, 3.8) is 0 Å². The lowest BCUT2D eigenvalue weighted by molar-refractivity contribution is -0.122. The number of carbonyl (C=O) groups excluding carboxylic acids is 2. The smallest absolute Gasteiger partial charge is 0.291 e. The van der Waals surface area contributed by atoms with Crippen molar-refractivity contribution in [1.29, 1.82) is 0 Å². The Labute approximate surface area is 174 Å². The maximum absolute atomic E-state index is 13.2. The largest absolute Gasteiger partial charge is 0.418 e. The van der Waals surface area contributed by atoms with E-state index in [9.17, 15) is 14.0 Å². The second-order valence-corrected chi connectivity index (χ2v) is 8.05. The van der Waals surface area contributed by atoms with Crippen LogP contribution in [0.5, 0.6) is 0 Å². The predicted molar refractivity (Wildman–Crippen MR) is 108 cm³/mol. The van der Waals surface area contributed by atoms with Gasteiger partial charge in [-0.25, -0.2) is 9.37 Å². The summed E-state index contributed by atoms with van der Waals surface area (Å²) in [5.74, 6) is -0.863. The van der Waals surface area contributed by atoms with Gasteiger partial charge in [-0.05, 0) is 41.8 Å². The third-order valence-corrected chi connectivity index (χ3v) is 6.02. The molecule has 7 nitrogen and oxygen atoms in total. The van der Waals surface area contributed by atoms with Gasteiger partial charge in [0.25, 0.3) is 11.7 Å². The van der Waals surface area contributed by atoms with Crippen LogP contribution in [0.2, 0.25) is 0 Å². The first kappa shape index (κ1) is 18.6. The molecular weight excluding hydrogens is 407 g/mol. The van der Waals surface area contributed by atoms with Gasteiger partial charge in [-0.2, -0.15) is 0 Å². The van der Waals surface area contributed by atoms with Gasteiger partial charge in [0.15, 0.2) is 5.01 Å². The van der Waals surface area contributed by atoms with Crippen molar-refractivity contribution in [3.8, 4) is 11.1 Å². The summed E-state index contributed by atoms with van der Waals surface area (Å²) in [5.41, 5.74) is 2.45. The first-order valence-electron chi connectivity index (χ1n) is 9.38. The maximum atomic E-state index is 13.2. The quantitative estimate of drug-likeness (QED) is 0.495. The molecule has 1 amide bonds. The van der Waals surface area contributed by atoms with E-state index >= 15 is 0 Å². The Kier molecular flexibility index (Phi) is 4.59. The van der Waals surface area contributed by atoms with Gasteiger partial charge in [-0.15, -0.1) is 21.5 Å². The van der Waals surface area contributed by atoms with Crippen LogP contribution in [0.1, 0.15) is 28.0 Å². The molecule has 2 aromatic carbocycles. The summed E-state index contributed by atoms with van der Waals surface area (Å²) in [6.07, 6.45) is 1.02. The summed E-state index contributed by atoms with van der Waals surface area (Å²) in [6, 6.07) is 11.8. The van der Waals surface area contributed by atoms with Gasteiger partial charge >= 0.3 is 0 Å². The van der Waals surface area contributed by atoms with Gasteiger partial charge in [0, 0.05) is 18.9 Å². The van der Waals surface area contributed by atoms with E-state index in [1.165, 1.54) is 23.5 Å². The molecule has 1 N–H and O–H groups in total. The van der Waals surface area contributed by atoms with Gasteiger partial charge in [-0.3, -0.25) is 9.59 Å². The molecule has 0 bridgehead atoms. The number of rotatable bonds is 5. The van der Waals surface area contributed by atoms with E-state index in [2.05, 4.69) is 20.5 Å². The van der Waals surface area contributed by atoms with E-state index in [0.29, 0.717) is 24.9 Å². The van der Waals surface area contributed by atoms with Crippen molar-refractivity contribution in [2.24, 2.45) is 5.92 Å². The van der Waals surface area contributed by atoms with Crippen molar-refractivity contribution in [3.05, 3.63) is 65.1 Å². The Morgan fingerprint density at radius 2 is 1.97 bits per heavy atom. The third kappa shape index (κ3) is 3.48. The van der Waals surface area contributed by atoms with E-state index in [4.69, 9.17) is 4.42 Å². The summed E-state index contributed by atoms with van der Waals surface area (Å²) in [5, 5.41) is 10.7. The van der Waals surface area contributed by atoms with Crippen LogP contribution >= 0.6 is 11.3 Å². The molecule has 0 unspecified atom stereocenters. The number of nitrogens with zero attached hydrogens (tertiary/aromatic N) is 3. The summed E-state index contributed by atoms with van der Waals surface area (Å²) in [4.78, 5) is 28.8. The Hall–Kier alpha value is -3.46. The van der Waals surface area contributed by atoms with E-state index < -0.39 is 5.78 Å². The van der Waals surface area contributed by atoms with E-state index in [0.717, 1.165) is 15.8 Å². The summed E-state index contributed by atoms with van der Waals surface area (Å²) < 4.78 is 19.5. The monoisotopic (exact) mass is 422 g/mol. The number of fused-ring (bicyclic) bond motifs is 1. The lowest BCUT2D eigenvalue weighted by Gasteiger charge is -2.01. The Bertz CT molecular complexity index is 1260. The van der Waals surface area contributed by atoms with Gasteiger partial charge < -0.3 is 9.73 Å². The zero-order chi connectivity index (χ0) is 20.7. The fraction of sp³-hybridized carbons (Fsp3) is 0.190. The number of amides is 1. The van der Waals surface area contributed by atoms with Crippen LogP contribution in [-0.4, -0.2) is 33.4 Å². The standard InChI is InChI=1S/C21H15FN4O3S/c22-14-4-1-11(2-5-14)12-3-6-15-16(9-12)30-21(24-15)18(27)20-26-25-17(29-20)10-13-7-8-23-19(13)28/h1-6,9,13H,7-8,10H2,(H,23,28)/t13-/m1/s1. The van der Waals surface area contributed by atoms with E-state index in [-0.39, 0.29) is 34.4 Å². The van der Waals surface area contributed by atoms with Crippen LogP contribution in [-0.2, 0) is 11.2 Å². The highest BCUT2D eigenvalue weighted by Gasteiger charge is 2.28. The Morgan fingerprint density at radius 3 is 2.73 bits per heavy atom. The first-order chi connectivity index (χ1) is 14.6. The predicted octanol–water partition coefficient (Wildman–Crippen LogP) is 3.40. The van der Waals surface area contributed by atoms with Crippen molar-refractivity contribution in [2.75, 3.05) is 6.54 Å². The molecule has 1 aliphatic heterocycles. The van der Waals surface area contributed by atoms with Crippen LogP contribution in [0.4, 0.5) is 4.39 Å². The normalized spacial score (nSPS) is 16.2. The molecule has 30 heavy (non-hydrogen) atoms. The number of hydrogen-bond acceptors (Lipinski definition) is 7. The molecule has 1 saturated heterocycles. The van der Waals surface area contributed by atoms with Crippen molar-refractivity contribution in [1.82, 2.24) is 20.5 Å². The number of thiazole rings is 1. The fourth-order valence-electron chi connectivity index (χ4n) is 3.41. The number of ketones is 1. The van der Waals surface area contributed by atoms with Crippen molar-refractivity contribution < 1.29 is 18.4 Å². The summed E-state index contributed by atoms with van der Waals surface area (Å²) in [7, 11) is 0. The number of carbonyl (C=O) groups is 2. The maximum Gasteiger partial charge on any atom is 0.291 e. The second kappa shape index (κ2) is 7.42. The average Bonchev–Trinajstić information content (AvgIpc) is 3.48. The van der Waals surface area contributed by atoms with Crippen LogP contribution in [0, 0.1) is 11.7 Å². The topological polar surface area (TPSA) is 98.0 Å². The minimum Gasteiger partial charge on any atom is -0.418 e. The van der Waals surface area contributed by atoms with Gasteiger partial charge in [0.1, 0.15) is 5.82 Å². The van der Waals surface area contributed by atoms with Crippen molar-refractivity contribution >= 4 is 33.2 Å². The van der Waals surface area contributed by atoms with E-state index in [1.807, 2.05) is 18.2 Å². The molecule has 2 aromatic heterocycles. The number of hydrogen-bond donors (Lipinski definition) is 1. The first-order valence-corrected chi connectivity index (χ1v) is 10.2. The number of halogens is 1. The van der Waals surface area contributed by atoms with E-state index in [1.54, 1.807) is 12.1 Å². The molecule has 0 aliphatic carbocycles. The molecule has 0 saturated carbocycles. The fourth-order valence-corrected chi connectivity index (χ4v) is 4.35. The van der Waals surface area contributed by atoms with Gasteiger partial charge in [0.2, 0.25) is 11.8 Å². The molecular formula is C21H15FN4O3S. The van der Waals surface area contributed by atoms with Crippen LogP contribution < -0.4 is 5.32 Å². The summed E-state index contributed by atoms with van der Waals surface area (Å²) >= 11 is 1.23. The molecule has 9 heteroatoms. The molecule has 5 rings (SSSR count). The zero-order valence-electron chi connectivity index (χ0n) is 15.6. The minimum atomic E-state index is -0.450. The molecule has 1 fully saturated rings. The molecule has 1 aliphatic rings. The van der Waals surface area contributed by atoms with Crippen molar-refractivity contribution in [2.45, 2.75) is 12.8 Å². The molecule has 3 heterocycles. The molecule has 1 atom stereocenters. The lowest BCUT2D eigenvalue weighted by Crippen LogP contribution is -2.20. The van der Waals surface area contributed by atoms with Crippen LogP contribution in [0.15, 0.2) is 46.9 Å². The average molecular weight is 422 g/mol. The Balaban J connectivity index is 1.38. The molecule has 0 spiro atoms. The second-order valence-electron chi connectivity index (χ2n) is 7.02. The zero-order valence-corrected chi connectivity index (χ0v) is 16.4. The number of aromatic nitrogens is 3. The highest BCUT2D eigenvalue weighted by molar-refractivity contribution is 7.20. The Morgan fingerprint density at radius 1 is 1.17 bits per heavy atom. The number of nitrogens with one attached hydrogen (secondary N) is 1.